The van der Waals surface area contributed by atoms with Gasteiger partial charge in [-0.15, -0.1) is 0 Å². The maximum Gasteiger partial charge on any atom is 0.243 e. The quantitative estimate of drug-likeness (QED) is 0.459. The summed E-state index contributed by atoms with van der Waals surface area (Å²) in [5.41, 5.74) is 9.64. The third-order valence-corrected chi connectivity index (χ3v) is 10.1. The van der Waals surface area contributed by atoms with Crippen LogP contribution in [0.4, 0.5) is 0 Å². The number of benzene rings is 3. The van der Waals surface area contributed by atoms with Crippen LogP contribution in [0.1, 0.15) is 42.4 Å². The predicted octanol–water partition coefficient (Wildman–Crippen LogP) is 3.87. The summed E-state index contributed by atoms with van der Waals surface area (Å²) in [5, 5.41) is 0. The lowest BCUT2D eigenvalue weighted by molar-refractivity contribution is -0.121. The molecule has 8 nitrogen and oxygen atoms in total. The van der Waals surface area contributed by atoms with E-state index >= 15 is 0 Å². The van der Waals surface area contributed by atoms with E-state index in [1.807, 2.05) is 43.3 Å². The third kappa shape index (κ3) is 4.49. The number of sulfonamides is 1. The maximum atomic E-state index is 13.5. The number of hydrogen-bond donors (Lipinski definition) is 1. The summed E-state index contributed by atoms with van der Waals surface area (Å²) in [7, 11) is -3.83. The van der Waals surface area contributed by atoms with Crippen LogP contribution in [-0.4, -0.2) is 43.8 Å². The van der Waals surface area contributed by atoms with Crippen LogP contribution in [0.15, 0.2) is 65.6 Å². The first-order valence-electron chi connectivity index (χ1n) is 13.1. The molecular formula is C30H30N2O6S. The number of carbonyl (C=O) groups is 2. The van der Waals surface area contributed by atoms with Crippen LogP contribution < -0.4 is 15.2 Å². The van der Waals surface area contributed by atoms with Crippen molar-refractivity contribution in [2.24, 2.45) is 5.73 Å². The first-order valence-corrected chi connectivity index (χ1v) is 14.6. The number of ketones is 1. The Morgan fingerprint density at radius 1 is 1.00 bits per heavy atom. The average Bonchev–Trinajstić information content (AvgIpc) is 3.34. The van der Waals surface area contributed by atoms with Crippen LogP contribution in [0.2, 0.25) is 0 Å². The molecule has 9 heteroatoms. The Bertz CT molecular complexity index is 1580. The normalized spacial score (nSPS) is 19.7. The molecule has 2 heterocycles. The molecule has 0 unspecified atom stereocenters. The SMILES string of the molecule is Cc1ccc(CC(=O)C2(c3ccc4c(c3)OCO4)CC2)cc1-c1ccc(S(=O)(=O)N2CCC[C@H]2C(N)=O)cc1. The summed E-state index contributed by atoms with van der Waals surface area (Å²) in [6, 6.07) is 17.6. The molecule has 2 aliphatic heterocycles. The van der Waals surface area contributed by atoms with Crippen LogP contribution in [0.25, 0.3) is 11.1 Å². The molecule has 0 spiro atoms. The van der Waals surface area contributed by atoms with Crippen molar-refractivity contribution in [3.63, 3.8) is 0 Å². The zero-order valence-electron chi connectivity index (χ0n) is 21.7. The lowest BCUT2D eigenvalue weighted by Crippen LogP contribution is -2.43. The van der Waals surface area contributed by atoms with Gasteiger partial charge in [0.2, 0.25) is 22.7 Å². The van der Waals surface area contributed by atoms with E-state index in [1.165, 1.54) is 4.31 Å². The fourth-order valence-corrected chi connectivity index (χ4v) is 7.41. The van der Waals surface area contributed by atoms with Gasteiger partial charge < -0.3 is 15.2 Å². The Morgan fingerprint density at radius 2 is 1.74 bits per heavy atom. The van der Waals surface area contributed by atoms with Crippen LogP contribution >= 0.6 is 0 Å². The van der Waals surface area contributed by atoms with Crippen LogP contribution in [0, 0.1) is 6.92 Å². The fraction of sp³-hybridized carbons (Fsp3) is 0.333. The number of amides is 1. The van der Waals surface area contributed by atoms with Gasteiger partial charge in [-0.1, -0.05) is 36.4 Å². The molecule has 6 rings (SSSR count). The second-order valence-electron chi connectivity index (χ2n) is 10.6. The van der Waals surface area contributed by atoms with Gasteiger partial charge in [0.05, 0.1) is 10.3 Å². The molecular weight excluding hydrogens is 516 g/mol. The molecule has 3 aliphatic rings. The first kappa shape index (κ1) is 25.6. The summed E-state index contributed by atoms with van der Waals surface area (Å²) in [5.74, 6) is 0.940. The number of nitrogens with zero attached hydrogens (tertiary/aromatic N) is 1. The minimum Gasteiger partial charge on any atom is -0.454 e. The van der Waals surface area contributed by atoms with E-state index in [2.05, 4.69) is 0 Å². The molecule has 1 atom stereocenters. The molecule has 2 N–H and O–H groups in total. The molecule has 1 saturated carbocycles. The van der Waals surface area contributed by atoms with Crippen molar-refractivity contribution in [3.8, 4) is 22.6 Å². The van der Waals surface area contributed by atoms with Crippen molar-refractivity contribution in [1.29, 1.82) is 0 Å². The fourth-order valence-electron chi connectivity index (χ4n) is 5.75. The Morgan fingerprint density at radius 3 is 2.46 bits per heavy atom. The number of nitrogens with two attached hydrogens (primary N) is 1. The van der Waals surface area contributed by atoms with Gasteiger partial charge in [-0.25, -0.2) is 8.42 Å². The lowest BCUT2D eigenvalue weighted by Gasteiger charge is -2.21. The summed E-state index contributed by atoms with van der Waals surface area (Å²) in [6.45, 7) is 2.47. The Balaban J connectivity index is 1.22. The van der Waals surface area contributed by atoms with E-state index in [1.54, 1.807) is 24.3 Å². The number of primary amides is 1. The number of aryl methyl sites for hydroxylation is 1. The van der Waals surface area contributed by atoms with Gasteiger partial charge in [-0.2, -0.15) is 4.31 Å². The summed E-state index contributed by atoms with van der Waals surface area (Å²) >= 11 is 0. The molecule has 202 valence electrons. The predicted molar refractivity (Wildman–Crippen MR) is 145 cm³/mol. The minimum absolute atomic E-state index is 0.128. The minimum atomic E-state index is -3.83. The zero-order chi connectivity index (χ0) is 27.4. The largest absolute Gasteiger partial charge is 0.454 e. The Kier molecular flexibility index (Phi) is 6.23. The highest BCUT2D eigenvalue weighted by molar-refractivity contribution is 7.89. The highest BCUT2D eigenvalue weighted by Crippen LogP contribution is 2.51. The average molecular weight is 547 g/mol. The van der Waals surface area contributed by atoms with Crippen LogP contribution in [0.5, 0.6) is 11.5 Å². The van der Waals surface area contributed by atoms with E-state index in [9.17, 15) is 18.0 Å². The molecule has 2 fully saturated rings. The van der Waals surface area contributed by atoms with Crippen LogP contribution in [0.3, 0.4) is 0 Å². The second-order valence-corrected chi connectivity index (χ2v) is 12.5. The molecule has 1 amide bonds. The standard InChI is InChI=1S/C30H30N2O6S/c1-19-4-5-20(16-28(33)30(12-13-30)22-8-11-26-27(17-22)38-18-37-26)15-24(19)21-6-9-23(10-7-21)39(35,36)32-14-2-3-25(32)29(31)34/h4-11,15,17,25H,2-3,12-14,16,18H2,1H3,(H2,31,34)/t25-/m0/s1. The molecule has 0 radical (unpaired) electrons. The van der Waals surface area contributed by atoms with Crippen molar-refractivity contribution < 1.29 is 27.5 Å². The molecule has 3 aromatic rings. The molecule has 0 aromatic heterocycles. The summed E-state index contributed by atoms with van der Waals surface area (Å²) in [6.07, 6.45) is 2.97. The Hall–Kier alpha value is -3.69. The zero-order valence-corrected chi connectivity index (χ0v) is 22.5. The smallest absolute Gasteiger partial charge is 0.243 e. The molecule has 39 heavy (non-hydrogen) atoms. The van der Waals surface area contributed by atoms with Crippen LogP contribution in [-0.2, 0) is 31.4 Å². The summed E-state index contributed by atoms with van der Waals surface area (Å²) < 4.78 is 38.5. The van der Waals surface area contributed by atoms with E-state index in [0.29, 0.717) is 30.8 Å². The molecule has 3 aromatic carbocycles. The van der Waals surface area contributed by atoms with E-state index in [0.717, 1.165) is 40.7 Å². The van der Waals surface area contributed by atoms with Gasteiger partial charge in [0.15, 0.2) is 11.5 Å². The van der Waals surface area contributed by atoms with Crippen molar-refractivity contribution in [2.45, 2.75) is 55.4 Å². The van der Waals surface area contributed by atoms with E-state index in [4.69, 9.17) is 15.2 Å². The topological polar surface area (TPSA) is 116 Å². The first-order chi connectivity index (χ1) is 18.7. The van der Waals surface area contributed by atoms with Gasteiger partial charge >= 0.3 is 0 Å². The van der Waals surface area contributed by atoms with Crippen molar-refractivity contribution in [2.75, 3.05) is 13.3 Å². The number of carbonyl (C=O) groups excluding carboxylic acids is 2. The van der Waals surface area contributed by atoms with Crippen molar-refractivity contribution in [3.05, 3.63) is 77.4 Å². The van der Waals surface area contributed by atoms with Gasteiger partial charge in [0.25, 0.3) is 0 Å². The van der Waals surface area contributed by atoms with Crippen molar-refractivity contribution in [1.82, 2.24) is 4.31 Å². The lowest BCUT2D eigenvalue weighted by atomic mass is 9.87. The number of Topliss-reactive ketones (excluding diaryl/α,β-unsaturated/α-hetero) is 1. The summed E-state index contributed by atoms with van der Waals surface area (Å²) in [4.78, 5) is 25.4. The van der Waals surface area contributed by atoms with Gasteiger partial charge in [0, 0.05) is 13.0 Å². The molecule has 0 bridgehead atoms. The van der Waals surface area contributed by atoms with E-state index in [-0.39, 0.29) is 24.0 Å². The van der Waals surface area contributed by atoms with Gasteiger partial charge in [-0.05, 0) is 84.7 Å². The number of fused-ring (bicyclic) bond motifs is 1. The van der Waals surface area contributed by atoms with Gasteiger partial charge in [-0.3, -0.25) is 9.59 Å². The molecule has 1 saturated heterocycles. The highest BCUT2D eigenvalue weighted by atomic mass is 32.2. The monoisotopic (exact) mass is 546 g/mol. The molecule has 1 aliphatic carbocycles. The number of rotatable bonds is 8. The Labute approximate surface area is 227 Å². The number of ether oxygens (including phenoxy) is 2. The van der Waals surface area contributed by atoms with E-state index < -0.39 is 27.4 Å². The third-order valence-electron chi connectivity index (χ3n) is 8.18. The van der Waals surface area contributed by atoms with Crippen molar-refractivity contribution >= 4 is 21.7 Å². The second kappa shape index (κ2) is 9.50. The number of hydrogen-bond acceptors (Lipinski definition) is 6. The van der Waals surface area contributed by atoms with Gasteiger partial charge in [0.1, 0.15) is 11.8 Å². The maximum absolute atomic E-state index is 13.5. The highest BCUT2D eigenvalue weighted by Gasteiger charge is 2.50.